The van der Waals surface area contributed by atoms with E-state index >= 15 is 0 Å². The van der Waals surface area contributed by atoms with Gasteiger partial charge in [-0.15, -0.1) is 0 Å². The number of carbonyl (C=O) groups excluding carboxylic acids is 1. The van der Waals surface area contributed by atoms with Crippen LogP contribution >= 0.6 is 0 Å². The van der Waals surface area contributed by atoms with E-state index in [0.29, 0.717) is 0 Å². The monoisotopic (exact) mass is 254 g/mol. The second-order valence-corrected chi connectivity index (χ2v) is 4.57. The van der Waals surface area contributed by atoms with Gasteiger partial charge in [0.15, 0.2) is 11.6 Å². The zero-order valence-electron chi connectivity index (χ0n) is 10.2. The Morgan fingerprint density at radius 1 is 1.44 bits per heavy atom. The number of benzene rings is 1. The lowest BCUT2D eigenvalue weighted by molar-refractivity contribution is 0.0914. The van der Waals surface area contributed by atoms with Crippen LogP contribution < -0.4 is 10.6 Å². The fourth-order valence-electron chi connectivity index (χ4n) is 2.17. The highest BCUT2D eigenvalue weighted by atomic mass is 19.2. The molecule has 1 saturated heterocycles. The maximum Gasteiger partial charge on any atom is 0.254 e. The molecule has 1 aliphatic rings. The molecule has 0 saturated carbocycles. The van der Waals surface area contributed by atoms with Crippen LogP contribution in [0.2, 0.25) is 0 Å². The summed E-state index contributed by atoms with van der Waals surface area (Å²) < 4.78 is 26.5. The van der Waals surface area contributed by atoms with Gasteiger partial charge in [-0.3, -0.25) is 4.79 Å². The maximum atomic E-state index is 13.5. The summed E-state index contributed by atoms with van der Waals surface area (Å²) in [6.45, 7) is 2.88. The molecule has 5 heteroatoms. The topological polar surface area (TPSA) is 41.1 Å². The molecular formula is C13H16F2N2O. The highest BCUT2D eigenvalue weighted by Gasteiger charge is 2.24. The number of halogens is 2. The zero-order chi connectivity index (χ0) is 13.1. The first-order valence-electron chi connectivity index (χ1n) is 6.08. The van der Waals surface area contributed by atoms with Crippen LogP contribution in [0.5, 0.6) is 0 Å². The highest BCUT2D eigenvalue weighted by Crippen LogP contribution is 2.13. The van der Waals surface area contributed by atoms with Crippen molar-refractivity contribution < 1.29 is 13.6 Å². The van der Waals surface area contributed by atoms with Gasteiger partial charge in [-0.1, -0.05) is 6.07 Å². The van der Waals surface area contributed by atoms with Gasteiger partial charge in [0.2, 0.25) is 0 Å². The first-order chi connectivity index (χ1) is 8.59. The Labute approximate surface area is 105 Å². The molecule has 1 aromatic carbocycles. The summed E-state index contributed by atoms with van der Waals surface area (Å²) in [5.41, 5.74) is -0.243. The summed E-state index contributed by atoms with van der Waals surface area (Å²) >= 11 is 0. The van der Waals surface area contributed by atoms with Gasteiger partial charge < -0.3 is 10.6 Å². The smallest absolute Gasteiger partial charge is 0.254 e. The number of piperidine rings is 1. The van der Waals surface area contributed by atoms with Crippen molar-refractivity contribution in [3.63, 3.8) is 0 Å². The molecule has 1 aliphatic heterocycles. The Morgan fingerprint density at radius 3 is 2.94 bits per heavy atom. The summed E-state index contributed by atoms with van der Waals surface area (Å²) in [7, 11) is 0. The van der Waals surface area contributed by atoms with Crippen molar-refractivity contribution in [3.05, 3.63) is 35.4 Å². The molecule has 0 bridgehead atoms. The number of hydrogen-bond donors (Lipinski definition) is 2. The second-order valence-electron chi connectivity index (χ2n) is 4.57. The number of hydrogen-bond acceptors (Lipinski definition) is 2. The van der Waals surface area contributed by atoms with Crippen LogP contribution in [0.1, 0.15) is 30.1 Å². The zero-order valence-corrected chi connectivity index (χ0v) is 10.2. The minimum Gasteiger partial charge on any atom is -0.348 e. The van der Waals surface area contributed by atoms with E-state index < -0.39 is 17.5 Å². The molecule has 0 radical (unpaired) electrons. The molecule has 98 valence electrons. The lowest BCUT2D eigenvalue weighted by atomic mass is 9.99. The van der Waals surface area contributed by atoms with E-state index in [4.69, 9.17) is 0 Å². The maximum absolute atomic E-state index is 13.5. The molecule has 1 heterocycles. The molecule has 1 amide bonds. The minimum absolute atomic E-state index is 0.0473. The fourth-order valence-corrected chi connectivity index (χ4v) is 2.17. The fraction of sp³-hybridized carbons (Fsp3) is 0.462. The van der Waals surface area contributed by atoms with E-state index in [1.807, 2.05) is 6.92 Å². The molecule has 2 N–H and O–H groups in total. The highest BCUT2D eigenvalue weighted by molar-refractivity contribution is 5.94. The van der Waals surface area contributed by atoms with E-state index in [-0.39, 0.29) is 17.6 Å². The minimum atomic E-state index is -1.09. The molecule has 3 nitrogen and oxygen atoms in total. The van der Waals surface area contributed by atoms with Crippen molar-refractivity contribution in [2.24, 2.45) is 0 Å². The van der Waals surface area contributed by atoms with Gasteiger partial charge in [-0.05, 0) is 38.4 Å². The van der Waals surface area contributed by atoms with Gasteiger partial charge in [0.25, 0.3) is 5.91 Å². The lowest BCUT2D eigenvalue weighted by Gasteiger charge is -2.30. The predicted octanol–water partition coefficient (Wildman–Crippen LogP) is 1.84. The average Bonchev–Trinajstić information content (AvgIpc) is 2.35. The molecule has 2 rings (SSSR count). The van der Waals surface area contributed by atoms with Crippen LogP contribution in [-0.4, -0.2) is 24.5 Å². The van der Waals surface area contributed by atoms with Crippen LogP contribution in [0.15, 0.2) is 18.2 Å². The third-order valence-corrected chi connectivity index (χ3v) is 3.27. The SMILES string of the molecule is C[C@H]1NCCC[C@@H]1NC(=O)c1cccc(F)c1F. The van der Waals surface area contributed by atoms with Crippen LogP contribution in [-0.2, 0) is 0 Å². The van der Waals surface area contributed by atoms with Crippen molar-refractivity contribution in [3.8, 4) is 0 Å². The van der Waals surface area contributed by atoms with Gasteiger partial charge in [0.05, 0.1) is 5.56 Å². The van der Waals surface area contributed by atoms with E-state index in [0.717, 1.165) is 25.5 Å². The summed E-state index contributed by atoms with van der Waals surface area (Å²) in [5, 5.41) is 5.98. The third kappa shape index (κ3) is 2.67. The van der Waals surface area contributed by atoms with Gasteiger partial charge in [0.1, 0.15) is 0 Å². The van der Waals surface area contributed by atoms with Crippen molar-refractivity contribution in [1.29, 1.82) is 0 Å². The van der Waals surface area contributed by atoms with E-state index in [2.05, 4.69) is 10.6 Å². The van der Waals surface area contributed by atoms with E-state index in [1.165, 1.54) is 12.1 Å². The van der Waals surface area contributed by atoms with Crippen LogP contribution in [0.4, 0.5) is 8.78 Å². The Bertz CT molecular complexity index is 451. The standard InChI is InChI=1S/C13H16F2N2O/c1-8-11(6-3-7-16-8)17-13(18)9-4-2-5-10(14)12(9)15/h2,4-5,8,11,16H,3,6-7H2,1H3,(H,17,18)/t8-,11+/m1/s1. The van der Waals surface area contributed by atoms with Gasteiger partial charge in [-0.2, -0.15) is 0 Å². The number of carbonyl (C=O) groups is 1. The van der Waals surface area contributed by atoms with Gasteiger partial charge in [-0.25, -0.2) is 8.78 Å². The average molecular weight is 254 g/mol. The number of amides is 1. The normalized spacial score (nSPS) is 23.7. The Hall–Kier alpha value is -1.49. The summed E-state index contributed by atoms with van der Waals surface area (Å²) in [4.78, 5) is 11.9. The molecule has 0 unspecified atom stereocenters. The lowest BCUT2D eigenvalue weighted by Crippen LogP contribution is -2.52. The molecular weight excluding hydrogens is 238 g/mol. The first-order valence-corrected chi connectivity index (χ1v) is 6.08. The van der Waals surface area contributed by atoms with Crippen LogP contribution in [0.25, 0.3) is 0 Å². The van der Waals surface area contributed by atoms with Gasteiger partial charge >= 0.3 is 0 Å². The van der Waals surface area contributed by atoms with Crippen LogP contribution in [0.3, 0.4) is 0 Å². The molecule has 1 aromatic rings. The molecule has 0 spiro atoms. The molecule has 2 atom stereocenters. The van der Waals surface area contributed by atoms with Crippen molar-refractivity contribution >= 4 is 5.91 Å². The first kappa shape index (κ1) is 13.0. The second kappa shape index (κ2) is 5.44. The molecule has 0 aliphatic carbocycles. The third-order valence-electron chi connectivity index (χ3n) is 3.27. The van der Waals surface area contributed by atoms with Crippen molar-refractivity contribution in [2.45, 2.75) is 31.8 Å². The summed E-state index contributed by atoms with van der Waals surface area (Å²) in [6, 6.07) is 3.70. The summed E-state index contributed by atoms with van der Waals surface area (Å²) in [6.07, 6.45) is 1.80. The number of rotatable bonds is 2. The van der Waals surface area contributed by atoms with Crippen molar-refractivity contribution in [2.75, 3.05) is 6.54 Å². The van der Waals surface area contributed by atoms with Crippen molar-refractivity contribution in [1.82, 2.24) is 10.6 Å². The molecule has 0 aromatic heterocycles. The largest absolute Gasteiger partial charge is 0.348 e. The summed E-state index contributed by atoms with van der Waals surface area (Å²) in [5.74, 6) is -2.66. The molecule has 1 fully saturated rings. The van der Waals surface area contributed by atoms with Crippen LogP contribution in [0, 0.1) is 11.6 Å². The Kier molecular flexibility index (Phi) is 3.91. The van der Waals surface area contributed by atoms with Gasteiger partial charge in [0, 0.05) is 12.1 Å². The number of nitrogens with one attached hydrogen (secondary N) is 2. The van der Waals surface area contributed by atoms with E-state index in [9.17, 15) is 13.6 Å². The Balaban J connectivity index is 2.09. The molecule has 18 heavy (non-hydrogen) atoms. The predicted molar refractivity (Wildman–Crippen MR) is 64.3 cm³/mol. The quantitative estimate of drug-likeness (QED) is 0.845. The van der Waals surface area contributed by atoms with E-state index in [1.54, 1.807) is 0 Å². The Morgan fingerprint density at radius 2 is 2.22 bits per heavy atom.